The minimum Gasteiger partial charge on any atom is -0.493 e. The molecule has 0 aliphatic heterocycles. The van der Waals surface area contributed by atoms with Crippen LogP contribution in [0.15, 0.2) is 65.7 Å². The summed E-state index contributed by atoms with van der Waals surface area (Å²) in [7, 11) is 1.59. The van der Waals surface area contributed by atoms with Gasteiger partial charge in [0.2, 0.25) is 0 Å². The van der Waals surface area contributed by atoms with Gasteiger partial charge in [-0.25, -0.2) is 0 Å². The first-order valence-corrected chi connectivity index (χ1v) is 9.02. The van der Waals surface area contributed by atoms with Gasteiger partial charge < -0.3 is 14.8 Å². The molecular formula is C20H18BrN3O3. The monoisotopic (exact) mass is 427 g/mol. The van der Waals surface area contributed by atoms with Gasteiger partial charge >= 0.3 is 0 Å². The van der Waals surface area contributed by atoms with Crippen molar-refractivity contribution >= 4 is 21.8 Å². The second-order valence-corrected chi connectivity index (χ2v) is 6.62. The van der Waals surface area contributed by atoms with Gasteiger partial charge in [0.25, 0.3) is 5.91 Å². The summed E-state index contributed by atoms with van der Waals surface area (Å²) in [6.07, 6.45) is 6.61. The Hall–Kier alpha value is -2.93. The molecule has 7 heteroatoms. The molecule has 2 aromatic heterocycles. The van der Waals surface area contributed by atoms with Crippen LogP contribution in [0, 0.1) is 0 Å². The number of nitrogens with one attached hydrogen (secondary N) is 1. The molecule has 0 aliphatic rings. The van der Waals surface area contributed by atoms with Crippen molar-refractivity contribution in [3.63, 3.8) is 0 Å². The standard InChI is InChI=1S/C20H18BrN3O3/c1-26-19-8-15(10-24-20(25)16-9-17(21)12-23-11-16)2-3-18(19)27-13-14-4-6-22-7-5-14/h2-9,11-12H,10,13H2,1H3,(H,24,25). The summed E-state index contributed by atoms with van der Waals surface area (Å²) in [5.74, 6) is 1.06. The second kappa shape index (κ2) is 9.14. The highest BCUT2D eigenvalue weighted by Gasteiger charge is 2.09. The largest absolute Gasteiger partial charge is 0.493 e. The van der Waals surface area contributed by atoms with Gasteiger partial charge in [-0.2, -0.15) is 0 Å². The normalized spacial score (nSPS) is 10.3. The van der Waals surface area contributed by atoms with Gasteiger partial charge in [-0.15, -0.1) is 0 Å². The van der Waals surface area contributed by atoms with E-state index in [0.29, 0.717) is 30.2 Å². The van der Waals surface area contributed by atoms with Gasteiger partial charge in [-0.1, -0.05) is 6.07 Å². The quantitative estimate of drug-likeness (QED) is 0.621. The average molecular weight is 428 g/mol. The molecule has 2 heterocycles. The summed E-state index contributed by atoms with van der Waals surface area (Å²) >= 11 is 3.31. The Morgan fingerprint density at radius 3 is 2.59 bits per heavy atom. The van der Waals surface area contributed by atoms with Gasteiger partial charge in [0, 0.05) is 35.8 Å². The second-order valence-electron chi connectivity index (χ2n) is 5.70. The number of methoxy groups -OCH3 is 1. The molecule has 1 amide bonds. The molecule has 3 aromatic rings. The fourth-order valence-electron chi connectivity index (χ4n) is 2.40. The number of rotatable bonds is 7. The summed E-state index contributed by atoms with van der Waals surface area (Å²) in [6, 6.07) is 11.1. The van der Waals surface area contributed by atoms with E-state index in [-0.39, 0.29) is 5.91 Å². The lowest BCUT2D eigenvalue weighted by Crippen LogP contribution is -2.22. The number of benzene rings is 1. The summed E-state index contributed by atoms with van der Waals surface area (Å²) in [5, 5.41) is 2.87. The number of carbonyl (C=O) groups excluding carboxylic acids is 1. The molecule has 0 radical (unpaired) electrons. The number of amides is 1. The highest BCUT2D eigenvalue weighted by Crippen LogP contribution is 2.28. The maximum absolute atomic E-state index is 12.2. The molecular weight excluding hydrogens is 410 g/mol. The Morgan fingerprint density at radius 2 is 1.85 bits per heavy atom. The van der Waals surface area contributed by atoms with E-state index in [2.05, 4.69) is 31.2 Å². The van der Waals surface area contributed by atoms with E-state index in [9.17, 15) is 4.79 Å². The zero-order valence-electron chi connectivity index (χ0n) is 14.7. The molecule has 27 heavy (non-hydrogen) atoms. The Labute approximate surface area is 165 Å². The number of carbonyl (C=O) groups is 1. The SMILES string of the molecule is COc1cc(CNC(=O)c2cncc(Br)c2)ccc1OCc1ccncc1. The van der Waals surface area contributed by atoms with Crippen LogP contribution in [0.1, 0.15) is 21.5 Å². The van der Waals surface area contributed by atoms with Crippen molar-refractivity contribution in [2.75, 3.05) is 7.11 Å². The Bertz CT molecular complexity index is 919. The number of hydrogen-bond donors (Lipinski definition) is 1. The molecule has 0 unspecified atom stereocenters. The van der Waals surface area contributed by atoms with Crippen molar-refractivity contribution in [2.24, 2.45) is 0 Å². The third kappa shape index (κ3) is 5.27. The molecule has 6 nitrogen and oxygen atoms in total. The number of ether oxygens (including phenoxy) is 2. The van der Waals surface area contributed by atoms with Gasteiger partial charge in [-0.05, 0) is 57.4 Å². The average Bonchev–Trinajstić information content (AvgIpc) is 2.71. The van der Waals surface area contributed by atoms with Crippen LogP contribution in [0.4, 0.5) is 0 Å². The van der Waals surface area contributed by atoms with E-state index in [1.54, 1.807) is 31.8 Å². The number of aromatic nitrogens is 2. The van der Waals surface area contributed by atoms with Crippen molar-refractivity contribution < 1.29 is 14.3 Å². The zero-order valence-corrected chi connectivity index (χ0v) is 16.3. The lowest BCUT2D eigenvalue weighted by Gasteiger charge is -2.13. The van der Waals surface area contributed by atoms with Crippen molar-refractivity contribution in [1.82, 2.24) is 15.3 Å². The van der Waals surface area contributed by atoms with E-state index >= 15 is 0 Å². The molecule has 0 saturated carbocycles. The van der Waals surface area contributed by atoms with Gasteiger partial charge in [-0.3, -0.25) is 14.8 Å². The van der Waals surface area contributed by atoms with Crippen LogP contribution in [0.3, 0.4) is 0 Å². The summed E-state index contributed by atoms with van der Waals surface area (Å²) < 4.78 is 12.0. The van der Waals surface area contributed by atoms with Crippen LogP contribution in [0.5, 0.6) is 11.5 Å². The number of hydrogen-bond acceptors (Lipinski definition) is 5. The van der Waals surface area contributed by atoms with E-state index in [1.165, 1.54) is 6.20 Å². The molecule has 0 spiro atoms. The minimum atomic E-state index is -0.194. The number of pyridine rings is 2. The molecule has 1 N–H and O–H groups in total. The highest BCUT2D eigenvalue weighted by atomic mass is 79.9. The summed E-state index contributed by atoms with van der Waals surface area (Å²) in [6.45, 7) is 0.789. The van der Waals surface area contributed by atoms with Crippen LogP contribution in [0.2, 0.25) is 0 Å². The van der Waals surface area contributed by atoms with Crippen molar-refractivity contribution in [2.45, 2.75) is 13.2 Å². The van der Waals surface area contributed by atoms with Gasteiger partial charge in [0.15, 0.2) is 11.5 Å². The third-order valence-electron chi connectivity index (χ3n) is 3.79. The molecule has 138 valence electrons. The molecule has 0 bridgehead atoms. The van der Waals surface area contributed by atoms with Crippen LogP contribution < -0.4 is 14.8 Å². The predicted octanol–water partition coefficient (Wildman–Crippen LogP) is 3.76. The van der Waals surface area contributed by atoms with E-state index < -0.39 is 0 Å². The molecule has 1 aromatic carbocycles. The van der Waals surface area contributed by atoms with Gasteiger partial charge in [0.1, 0.15) is 6.61 Å². The van der Waals surface area contributed by atoms with Crippen LogP contribution in [0.25, 0.3) is 0 Å². The van der Waals surface area contributed by atoms with Gasteiger partial charge in [0.05, 0.1) is 12.7 Å². The lowest BCUT2D eigenvalue weighted by atomic mass is 10.2. The van der Waals surface area contributed by atoms with Crippen LogP contribution in [-0.2, 0) is 13.2 Å². The Morgan fingerprint density at radius 1 is 1.04 bits per heavy atom. The Kier molecular flexibility index (Phi) is 6.38. The van der Waals surface area contributed by atoms with E-state index in [1.807, 2.05) is 30.3 Å². The van der Waals surface area contributed by atoms with Crippen LogP contribution >= 0.6 is 15.9 Å². The topological polar surface area (TPSA) is 73.3 Å². The smallest absolute Gasteiger partial charge is 0.253 e. The molecule has 0 atom stereocenters. The Balaban J connectivity index is 1.62. The highest BCUT2D eigenvalue weighted by molar-refractivity contribution is 9.10. The minimum absolute atomic E-state index is 0.194. The molecule has 0 fully saturated rings. The first kappa shape index (κ1) is 18.8. The fourth-order valence-corrected chi connectivity index (χ4v) is 2.77. The predicted molar refractivity (Wildman–Crippen MR) is 105 cm³/mol. The number of nitrogens with zero attached hydrogens (tertiary/aromatic N) is 2. The zero-order chi connectivity index (χ0) is 19.1. The maximum Gasteiger partial charge on any atom is 0.253 e. The first-order chi connectivity index (χ1) is 13.2. The molecule has 0 saturated heterocycles. The molecule has 3 rings (SSSR count). The van der Waals surface area contributed by atoms with Crippen molar-refractivity contribution in [3.8, 4) is 11.5 Å². The fraction of sp³-hybridized carbons (Fsp3) is 0.150. The van der Waals surface area contributed by atoms with Crippen molar-refractivity contribution in [1.29, 1.82) is 0 Å². The van der Waals surface area contributed by atoms with Crippen molar-refractivity contribution in [3.05, 3.63) is 82.3 Å². The number of halogens is 1. The molecule has 0 aliphatic carbocycles. The van der Waals surface area contributed by atoms with E-state index in [4.69, 9.17) is 9.47 Å². The van der Waals surface area contributed by atoms with Crippen LogP contribution in [-0.4, -0.2) is 23.0 Å². The lowest BCUT2D eigenvalue weighted by molar-refractivity contribution is 0.0950. The maximum atomic E-state index is 12.2. The third-order valence-corrected chi connectivity index (χ3v) is 4.23. The first-order valence-electron chi connectivity index (χ1n) is 8.23. The summed E-state index contributed by atoms with van der Waals surface area (Å²) in [4.78, 5) is 20.2. The van der Waals surface area contributed by atoms with E-state index in [0.717, 1.165) is 15.6 Å². The summed E-state index contributed by atoms with van der Waals surface area (Å²) in [5.41, 5.74) is 2.42.